The van der Waals surface area contributed by atoms with E-state index in [0.717, 1.165) is 37.4 Å². The quantitative estimate of drug-likeness (QED) is 0.234. The molecule has 234 valence electrons. The number of halogens is 1. The summed E-state index contributed by atoms with van der Waals surface area (Å²) in [5.74, 6) is 2.23. The molecule has 0 aliphatic carbocycles. The first-order valence-corrected chi connectivity index (χ1v) is 15.0. The Morgan fingerprint density at radius 1 is 1.07 bits per heavy atom. The zero-order chi connectivity index (χ0) is 31.3. The highest BCUT2D eigenvalue weighted by Crippen LogP contribution is 2.35. The van der Waals surface area contributed by atoms with Crippen molar-refractivity contribution in [2.24, 2.45) is 0 Å². The third-order valence-electron chi connectivity index (χ3n) is 8.01. The van der Waals surface area contributed by atoms with Crippen LogP contribution in [-0.2, 0) is 9.53 Å². The highest BCUT2D eigenvalue weighted by Gasteiger charge is 2.23. The van der Waals surface area contributed by atoms with Gasteiger partial charge in [-0.15, -0.1) is 0 Å². The number of piperidine rings is 1. The summed E-state index contributed by atoms with van der Waals surface area (Å²) in [6, 6.07) is 12.1. The second kappa shape index (κ2) is 13.3. The molecule has 2 fully saturated rings. The third kappa shape index (κ3) is 6.91. The van der Waals surface area contributed by atoms with Crippen LogP contribution < -0.4 is 25.0 Å². The van der Waals surface area contributed by atoms with E-state index < -0.39 is 5.82 Å². The fraction of sp³-hybridized carbons (Fsp3) is 0.333. The number of hydrogen-bond donors (Lipinski definition) is 2. The molecule has 1 atom stereocenters. The summed E-state index contributed by atoms with van der Waals surface area (Å²) in [5, 5.41) is 7.37. The molecule has 2 aliphatic rings. The normalized spacial score (nSPS) is 17.2. The van der Waals surface area contributed by atoms with Gasteiger partial charge in [-0.25, -0.2) is 19.3 Å². The first-order chi connectivity index (χ1) is 21.9. The zero-order valence-corrected chi connectivity index (χ0v) is 25.3. The number of anilines is 4. The first kappa shape index (κ1) is 30.1. The maximum atomic E-state index is 15.4. The van der Waals surface area contributed by atoms with E-state index in [4.69, 9.17) is 14.2 Å². The molecule has 2 aliphatic heterocycles. The van der Waals surface area contributed by atoms with Gasteiger partial charge in [-0.05, 0) is 50.1 Å². The third-order valence-corrected chi connectivity index (χ3v) is 8.01. The number of ether oxygens (including phenoxy) is 3. The Kier molecular flexibility index (Phi) is 8.92. The molecule has 0 saturated carbocycles. The standard InChI is InChI=1S/C33H36FN7O4/c1-4-32(42)40-11-8-22(9-12-40)38-29-17-25-28(18-30(29)43-3)36-20-37-33(25)39-27-6-5-23(15-26(27)34)45-24-7-10-35-31(16-24)41-13-14-44-21(2)19-41/h4-7,10,15-18,20-22,38H,1,8-9,11-14,19H2,2-3H3,(H,36,37,39)/t21-/m0/s1. The summed E-state index contributed by atoms with van der Waals surface area (Å²) >= 11 is 0. The van der Waals surface area contributed by atoms with Crippen LogP contribution in [0.15, 0.2) is 67.6 Å². The van der Waals surface area contributed by atoms with Crippen LogP contribution in [0.2, 0.25) is 0 Å². The van der Waals surface area contributed by atoms with Gasteiger partial charge in [-0.2, -0.15) is 0 Å². The Morgan fingerprint density at radius 2 is 1.89 bits per heavy atom. The molecule has 2 N–H and O–H groups in total. The minimum atomic E-state index is -0.497. The van der Waals surface area contributed by atoms with E-state index in [9.17, 15) is 4.79 Å². The number of methoxy groups -OCH3 is 1. The van der Waals surface area contributed by atoms with E-state index in [1.54, 1.807) is 36.4 Å². The molecule has 11 nitrogen and oxygen atoms in total. The zero-order valence-electron chi connectivity index (χ0n) is 25.3. The number of benzene rings is 2. The van der Waals surface area contributed by atoms with Gasteiger partial charge in [0.25, 0.3) is 0 Å². The van der Waals surface area contributed by atoms with Crippen molar-refractivity contribution < 1.29 is 23.4 Å². The molecule has 12 heteroatoms. The first-order valence-electron chi connectivity index (χ1n) is 15.0. The van der Waals surface area contributed by atoms with Gasteiger partial charge in [-0.3, -0.25) is 4.79 Å². The van der Waals surface area contributed by atoms with E-state index in [1.807, 2.05) is 25.1 Å². The van der Waals surface area contributed by atoms with E-state index in [0.29, 0.717) is 53.7 Å². The smallest absolute Gasteiger partial charge is 0.245 e. The van der Waals surface area contributed by atoms with Gasteiger partial charge in [0.15, 0.2) is 0 Å². The fourth-order valence-corrected chi connectivity index (χ4v) is 5.65. The number of hydrogen-bond acceptors (Lipinski definition) is 10. The van der Waals surface area contributed by atoms with Gasteiger partial charge in [0.2, 0.25) is 5.91 Å². The number of carbonyl (C=O) groups excluding carboxylic acids is 1. The molecule has 1 amide bonds. The lowest BCUT2D eigenvalue weighted by atomic mass is 10.0. The summed E-state index contributed by atoms with van der Waals surface area (Å²) in [5.41, 5.74) is 1.65. The molecular weight excluding hydrogens is 577 g/mol. The number of morpholine rings is 1. The Hall–Kier alpha value is -4.97. The van der Waals surface area contributed by atoms with Crippen LogP contribution in [0, 0.1) is 5.82 Å². The lowest BCUT2D eigenvalue weighted by Crippen LogP contribution is -2.41. The Balaban J connectivity index is 1.18. The number of carbonyl (C=O) groups is 1. The maximum absolute atomic E-state index is 15.4. The highest BCUT2D eigenvalue weighted by molar-refractivity contribution is 5.95. The SMILES string of the molecule is C=CC(=O)N1CCC(Nc2cc3c(Nc4ccc(Oc5ccnc(N6CCO[C@@H](C)C6)c5)cc4F)ncnc3cc2OC)CC1. The molecule has 45 heavy (non-hydrogen) atoms. The minimum Gasteiger partial charge on any atom is -0.495 e. The molecule has 2 aromatic heterocycles. The number of likely N-dealkylation sites (tertiary alicyclic amines) is 1. The van der Waals surface area contributed by atoms with E-state index in [2.05, 4.69) is 37.1 Å². The molecule has 0 bridgehead atoms. The summed E-state index contributed by atoms with van der Waals surface area (Å²) in [6.07, 6.45) is 6.14. The van der Waals surface area contributed by atoms with Crippen molar-refractivity contribution in [3.05, 3.63) is 73.5 Å². The van der Waals surface area contributed by atoms with Crippen molar-refractivity contribution in [1.82, 2.24) is 19.9 Å². The lowest BCUT2D eigenvalue weighted by molar-refractivity contribution is -0.126. The topological polar surface area (TPSA) is 114 Å². The number of aromatic nitrogens is 3. The summed E-state index contributed by atoms with van der Waals surface area (Å²) in [6.45, 7) is 9.02. The van der Waals surface area contributed by atoms with E-state index >= 15 is 4.39 Å². The summed E-state index contributed by atoms with van der Waals surface area (Å²) in [4.78, 5) is 29.2. The van der Waals surface area contributed by atoms with Crippen molar-refractivity contribution in [2.45, 2.75) is 31.9 Å². The van der Waals surface area contributed by atoms with Crippen LogP contribution in [0.25, 0.3) is 10.9 Å². The molecule has 0 unspecified atom stereocenters. The second-order valence-corrected chi connectivity index (χ2v) is 11.1. The number of amides is 1. The molecular formula is C33H36FN7O4. The largest absolute Gasteiger partial charge is 0.495 e. The molecule has 6 rings (SSSR count). The molecule has 2 aromatic carbocycles. The average Bonchev–Trinajstić information content (AvgIpc) is 3.06. The Labute approximate surface area is 261 Å². The second-order valence-electron chi connectivity index (χ2n) is 11.1. The summed E-state index contributed by atoms with van der Waals surface area (Å²) < 4.78 is 32.7. The van der Waals surface area contributed by atoms with Crippen molar-refractivity contribution in [2.75, 3.05) is 55.4 Å². The molecule has 4 aromatic rings. The van der Waals surface area contributed by atoms with Crippen LogP contribution in [0.1, 0.15) is 19.8 Å². The van der Waals surface area contributed by atoms with Gasteiger partial charge in [0.05, 0.1) is 36.7 Å². The molecule has 0 radical (unpaired) electrons. The van der Waals surface area contributed by atoms with E-state index in [1.165, 1.54) is 18.5 Å². The minimum absolute atomic E-state index is 0.0543. The lowest BCUT2D eigenvalue weighted by Gasteiger charge is -2.32. The molecule has 4 heterocycles. The Morgan fingerprint density at radius 3 is 2.64 bits per heavy atom. The number of pyridine rings is 1. The average molecular weight is 614 g/mol. The van der Waals surface area contributed by atoms with Crippen molar-refractivity contribution >= 4 is 39.8 Å². The fourth-order valence-electron chi connectivity index (χ4n) is 5.65. The van der Waals surface area contributed by atoms with Crippen LogP contribution in [-0.4, -0.2) is 77.8 Å². The van der Waals surface area contributed by atoms with Crippen molar-refractivity contribution in [3.8, 4) is 17.2 Å². The van der Waals surface area contributed by atoms with Gasteiger partial charge in [-0.1, -0.05) is 6.58 Å². The number of nitrogens with one attached hydrogen (secondary N) is 2. The van der Waals surface area contributed by atoms with E-state index in [-0.39, 0.29) is 23.7 Å². The van der Waals surface area contributed by atoms with Gasteiger partial charge in [0.1, 0.15) is 41.0 Å². The number of fused-ring (bicyclic) bond motifs is 1. The maximum Gasteiger partial charge on any atom is 0.245 e. The number of rotatable bonds is 9. The van der Waals surface area contributed by atoms with Crippen LogP contribution >= 0.6 is 0 Å². The van der Waals surface area contributed by atoms with Crippen molar-refractivity contribution in [3.63, 3.8) is 0 Å². The van der Waals surface area contributed by atoms with Crippen molar-refractivity contribution in [1.29, 1.82) is 0 Å². The van der Waals surface area contributed by atoms with Gasteiger partial charge < -0.3 is 34.6 Å². The predicted octanol–water partition coefficient (Wildman–Crippen LogP) is 5.52. The van der Waals surface area contributed by atoms with Crippen LogP contribution in [0.3, 0.4) is 0 Å². The highest BCUT2D eigenvalue weighted by atomic mass is 19.1. The molecule has 0 spiro atoms. The molecule has 2 saturated heterocycles. The van der Waals surface area contributed by atoms with Gasteiger partial charge >= 0.3 is 0 Å². The van der Waals surface area contributed by atoms with Gasteiger partial charge in [0, 0.05) is 62.0 Å². The predicted molar refractivity (Wildman–Crippen MR) is 171 cm³/mol. The Bertz CT molecular complexity index is 1700. The number of nitrogens with zero attached hydrogens (tertiary/aromatic N) is 5. The summed E-state index contributed by atoms with van der Waals surface area (Å²) in [7, 11) is 1.60. The van der Waals surface area contributed by atoms with Crippen LogP contribution in [0.4, 0.5) is 27.4 Å². The van der Waals surface area contributed by atoms with Crippen LogP contribution in [0.5, 0.6) is 17.2 Å². The monoisotopic (exact) mass is 613 g/mol.